The molecule has 0 amide bonds. The monoisotopic (exact) mass is 476 g/mol. The summed E-state index contributed by atoms with van der Waals surface area (Å²) in [4.78, 5) is 11.3. The Labute approximate surface area is 205 Å². The molecule has 3 aromatic rings. The van der Waals surface area contributed by atoms with Crippen molar-refractivity contribution in [3.05, 3.63) is 98.9 Å². The van der Waals surface area contributed by atoms with Gasteiger partial charge in [0.1, 0.15) is 0 Å². The summed E-state index contributed by atoms with van der Waals surface area (Å²) < 4.78 is 1.73. The molecule has 0 aliphatic heterocycles. The first kappa shape index (κ1) is 25.1. The van der Waals surface area contributed by atoms with E-state index in [4.69, 9.17) is 12.2 Å². The van der Waals surface area contributed by atoms with Gasteiger partial charge in [-0.3, -0.25) is 10.1 Å². The third-order valence-electron chi connectivity index (χ3n) is 5.71. The topological polar surface area (TPSA) is 79.3 Å². The maximum atomic E-state index is 11.5. The fourth-order valence-corrected chi connectivity index (χ4v) is 3.88. The van der Waals surface area contributed by atoms with Crippen LogP contribution in [-0.2, 0) is 5.41 Å². The van der Waals surface area contributed by atoms with Crippen molar-refractivity contribution >= 4 is 40.0 Å². The molecule has 0 bridgehead atoms. The standard InChI is InChI=1S/C27H29N3O3S/c1-17-7-8-18(2)22(15-17)28-26(34)24(29-13-11-21(12-14-29)27(4,5)6)25(31)20-10-9-19(3)23(16-20)30(32)33/h7-16H,1-6H3,(H-,28,31,34)/p+1. The van der Waals surface area contributed by atoms with Crippen molar-refractivity contribution in [1.29, 1.82) is 0 Å². The zero-order chi connectivity index (χ0) is 25.2. The van der Waals surface area contributed by atoms with Gasteiger partial charge < -0.3 is 10.4 Å². The van der Waals surface area contributed by atoms with Crippen molar-refractivity contribution in [1.82, 2.24) is 0 Å². The van der Waals surface area contributed by atoms with Gasteiger partial charge >= 0.3 is 0 Å². The lowest BCUT2D eigenvalue weighted by Crippen LogP contribution is -2.39. The van der Waals surface area contributed by atoms with Crippen LogP contribution in [0.3, 0.4) is 0 Å². The van der Waals surface area contributed by atoms with E-state index in [2.05, 4.69) is 26.1 Å². The lowest BCUT2D eigenvalue weighted by Gasteiger charge is -2.18. The SMILES string of the molecule is Cc1ccc(C)c(NC(=S)/C(=C(\O)c2ccc(C)c([N+](=O)[O-])c2)[n+]2ccc(C(C)(C)C)cc2)c1. The van der Waals surface area contributed by atoms with Crippen molar-refractivity contribution in [3.8, 4) is 0 Å². The van der Waals surface area contributed by atoms with Crippen molar-refractivity contribution in [2.75, 3.05) is 5.32 Å². The summed E-state index contributed by atoms with van der Waals surface area (Å²) in [5, 5.41) is 26.1. The van der Waals surface area contributed by atoms with Gasteiger partial charge in [-0.05, 0) is 48.9 Å². The number of nitro benzene ring substituents is 1. The molecule has 1 aromatic heterocycles. The lowest BCUT2D eigenvalue weighted by atomic mass is 9.88. The Kier molecular flexibility index (Phi) is 7.17. The second kappa shape index (κ2) is 9.73. The second-order valence-corrected chi connectivity index (χ2v) is 9.88. The van der Waals surface area contributed by atoms with Crippen LogP contribution in [0.15, 0.2) is 60.9 Å². The van der Waals surface area contributed by atoms with E-state index in [0.29, 0.717) is 21.8 Å². The molecule has 176 valence electrons. The smallest absolute Gasteiger partial charge is 0.288 e. The number of nitrogens with zero attached hydrogens (tertiary/aromatic N) is 2. The third kappa shape index (κ3) is 5.48. The number of aryl methyl sites for hydroxylation is 3. The molecule has 0 aliphatic rings. The molecule has 1 heterocycles. The fraction of sp³-hybridized carbons (Fsp3) is 0.259. The molecule has 0 saturated carbocycles. The number of hydrogen-bond donors (Lipinski definition) is 2. The van der Waals surface area contributed by atoms with Crippen LogP contribution in [0, 0.1) is 30.9 Å². The summed E-state index contributed by atoms with van der Waals surface area (Å²) in [5.74, 6) is -0.153. The zero-order valence-electron chi connectivity index (χ0n) is 20.3. The largest absolute Gasteiger partial charge is 0.502 e. The Morgan fingerprint density at radius 2 is 1.62 bits per heavy atom. The maximum absolute atomic E-state index is 11.5. The zero-order valence-corrected chi connectivity index (χ0v) is 21.2. The molecule has 0 fully saturated rings. The predicted molar refractivity (Wildman–Crippen MR) is 141 cm³/mol. The highest BCUT2D eigenvalue weighted by atomic mass is 32.1. The molecule has 7 heteroatoms. The van der Waals surface area contributed by atoms with E-state index in [1.807, 2.05) is 56.6 Å². The Morgan fingerprint density at radius 3 is 2.21 bits per heavy atom. The summed E-state index contributed by atoms with van der Waals surface area (Å²) in [5.41, 5.74) is 5.08. The first-order valence-electron chi connectivity index (χ1n) is 11.0. The molecule has 0 atom stereocenters. The molecule has 2 N–H and O–H groups in total. The molecule has 2 aromatic carbocycles. The maximum Gasteiger partial charge on any atom is 0.288 e. The van der Waals surface area contributed by atoms with Gasteiger partial charge in [0.05, 0.1) is 4.92 Å². The molecular weight excluding hydrogens is 446 g/mol. The van der Waals surface area contributed by atoms with Crippen molar-refractivity contribution in [3.63, 3.8) is 0 Å². The van der Waals surface area contributed by atoms with E-state index in [0.717, 1.165) is 22.4 Å². The summed E-state index contributed by atoms with van der Waals surface area (Å²) >= 11 is 5.75. The number of aliphatic hydroxyl groups excluding tert-OH is 1. The predicted octanol–water partition coefficient (Wildman–Crippen LogP) is 6.43. The average molecular weight is 477 g/mol. The quantitative estimate of drug-likeness (QED) is 0.111. The van der Waals surface area contributed by atoms with Crippen LogP contribution in [0.2, 0.25) is 0 Å². The molecule has 0 saturated heterocycles. The first-order chi connectivity index (χ1) is 15.9. The third-order valence-corrected chi connectivity index (χ3v) is 6.01. The highest BCUT2D eigenvalue weighted by Gasteiger charge is 2.26. The van der Waals surface area contributed by atoms with Crippen molar-refractivity contribution < 1.29 is 14.6 Å². The molecule has 0 aliphatic carbocycles. The second-order valence-electron chi connectivity index (χ2n) is 9.47. The van der Waals surface area contributed by atoms with Gasteiger partial charge in [-0.1, -0.05) is 57.3 Å². The van der Waals surface area contributed by atoms with Gasteiger partial charge in [0.25, 0.3) is 11.4 Å². The molecule has 3 rings (SSSR count). The van der Waals surface area contributed by atoms with Crippen LogP contribution in [0.25, 0.3) is 11.5 Å². The minimum atomic E-state index is -0.455. The van der Waals surface area contributed by atoms with Crippen LogP contribution in [0.5, 0.6) is 0 Å². The fourth-order valence-electron chi connectivity index (χ4n) is 3.56. The molecular formula is C27H30N3O3S+. The van der Waals surface area contributed by atoms with E-state index in [1.54, 1.807) is 23.6 Å². The number of anilines is 1. The normalized spacial score (nSPS) is 12.2. The number of aromatic nitrogens is 1. The van der Waals surface area contributed by atoms with Crippen molar-refractivity contribution in [2.45, 2.75) is 47.0 Å². The van der Waals surface area contributed by atoms with E-state index < -0.39 is 4.92 Å². The molecule has 0 unspecified atom stereocenters. The summed E-state index contributed by atoms with van der Waals surface area (Å²) in [6.45, 7) is 12.0. The van der Waals surface area contributed by atoms with Gasteiger partial charge in [0.15, 0.2) is 23.1 Å². The van der Waals surface area contributed by atoms with Crippen LogP contribution in [-0.4, -0.2) is 15.0 Å². The number of aliphatic hydroxyl groups is 1. The summed E-state index contributed by atoms with van der Waals surface area (Å²) in [6, 6.07) is 14.6. The van der Waals surface area contributed by atoms with E-state index in [1.165, 1.54) is 6.07 Å². The number of pyridine rings is 1. The first-order valence-corrected chi connectivity index (χ1v) is 11.4. The van der Waals surface area contributed by atoms with Crippen LogP contribution >= 0.6 is 12.2 Å². The number of thiocarbonyl (C=S) groups is 1. The summed E-state index contributed by atoms with van der Waals surface area (Å²) in [6.07, 6.45) is 3.68. The van der Waals surface area contributed by atoms with Crippen LogP contribution in [0.4, 0.5) is 11.4 Å². The van der Waals surface area contributed by atoms with Gasteiger partial charge in [-0.25, -0.2) is 0 Å². The van der Waals surface area contributed by atoms with Crippen LogP contribution in [0.1, 0.15) is 48.6 Å². The van der Waals surface area contributed by atoms with Gasteiger partial charge in [-0.2, -0.15) is 4.57 Å². The molecule has 0 radical (unpaired) electrons. The Balaban J connectivity index is 2.17. The Bertz CT molecular complexity index is 1290. The average Bonchev–Trinajstić information content (AvgIpc) is 2.76. The van der Waals surface area contributed by atoms with Crippen LogP contribution < -0.4 is 9.88 Å². The van der Waals surface area contributed by atoms with Gasteiger partial charge in [0.2, 0.25) is 0 Å². The lowest BCUT2D eigenvalue weighted by molar-refractivity contribution is -0.575. The highest BCUT2D eigenvalue weighted by molar-refractivity contribution is 7.81. The Morgan fingerprint density at radius 1 is 1.00 bits per heavy atom. The minimum absolute atomic E-state index is 0.0416. The van der Waals surface area contributed by atoms with E-state index >= 15 is 0 Å². The molecule has 0 spiro atoms. The number of nitro groups is 1. The number of nitrogens with one attached hydrogen (secondary N) is 1. The minimum Gasteiger partial charge on any atom is -0.502 e. The van der Waals surface area contributed by atoms with E-state index in [9.17, 15) is 15.2 Å². The number of rotatable bonds is 5. The molecule has 6 nitrogen and oxygen atoms in total. The van der Waals surface area contributed by atoms with E-state index in [-0.39, 0.29) is 16.9 Å². The van der Waals surface area contributed by atoms with Gasteiger partial charge in [-0.15, -0.1) is 0 Å². The van der Waals surface area contributed by atoms with Crippen molar-refractivity contribution in [2.24, 2.45) is 0 Å². The number of hydrogen-bond acceptors (Lipinski definition) is 4. The summed E-state index contributed by atoms with van der Waals surface area (Å²) in [7, 11) is 0. The highest BCUT2D eigenvalue weighted by Crippen LogP contribution is 2.27. The Hall–Kier alpha value is -3.58. The number of benzene rings is 2. The van der Waals surface area contributed by atoms with Gasteiger partial charge in [0, 0.05) is 35.0 Å². The molecule has 34 heavy (non-hydrogen) atoms.